The third kappa shape index (κ3) is 12.1. The van der Waals surface area contributed by atoms with Crippen LogP contribution in [-0.4, -0.2) is 81.4 Å². The molecule has 390 valence electrons. The molecular weight excluding hydrogens is 949 g/mol. The Morgan fingerprint density at radius 3 is 1.33 bits per heavy atom. The molecule has 8 rings (SSSR count). The first-order valence-electron chi connectivity index (χ1n) is 25.3. The van der Waals surface area contributed by atoms with Crippen LogP contribution in [0.15, 0.2) is 94.7 Å². The number of nitrogens with two attached hydrogens (primary N) is 1. The molecule has 2 aliphatic heterocycles. The standard InChI is InChI=1S/C30H42N4O4S.C25H34N4O3S/c1-8-34(39(36,37)24-12-9-22(10-13-24)31-28(35)30(5,6)7)23-11-14-26-25(19-23)32-27(29(2,3)4)33(26)20-21-15-17-38-18-16-21;1-5-29(33(30,31)21-9-6-19(26)7-10-21)20-8-11-23-22(16-20)27-24(25(2,3)4)28(23)17-18-12-14-32-15-13-18/h9-14,19,21H,8,15-18,20H2,1-7H3,(H,31,35);6-11,16,18H,5,12-15,17,26H2,1-4H3. The molecule has 72 heavy (non-hydrogen) atoms. The van der Waals surface area contributed by atoms with Gasteiger partial charge in [0.05, 0.1) is 43.2 Å². The van der Waals surface area contributed by atoms with Gasteiger partial charge in [-0.15, -0.1) is 0 Å². The average molecular weight is 1030 g/mol. The van der Waals surface area contributed by atoms with Crippen molar-refractivity contribution in [2.75, 3.05) is 59.2 Å². The molecule has 2 aliphatic rings. The van der Waals surface area contributed by atoms with Crippen LogP contribution in [0.2, 0.25) is 0 Å². The summed E-state index contributed by atoms with van der Waals surface area (Å²) in [5.74, 6) is 2.97. The number of imidazole rings is 2. The number of carbonyl (C=O) groups is 1. The number of hydrogen-bond donors (Lipinski definition) is 2. The second kappa shape index (κ2) is 21.5. The maximum absolute atomic E-state index is 13.7. The van der Waals surface area contributed by atoms with Crippen LogP contribution in [0.5, 0.6) is 0 Å². The van der Waals surface area contributed by atoms with Crippen molar-refractivity contribution in [1.82, 2.24) is 19.1 Å². The van der Waals surface area contributed by atoms with Crippen LogP contribution >= 0.6 is 0 Å². The highest BCUT2D eigenvalue weighted by molar-refractivity contribution is 7.93. The van der Waals surface area contributed by atoms with Gasteiger partial charge in [-0.1, -0.05) is 62.3 Å². The van der Waals surface area contributed by atoms with Crippen LogP contribution in [0.1, 0.15) is 113 Å². The van der Waals surface area contributed by atoms with E-state index in [1.165, 1.54) is 20.7 Å². The van der Waals surface area contributed by atoms with Gasteiger partial charge in [0.15, 0.2) is 0 Å². The van der Waals surface area contributed by atoms with Crippen LogP contribution in [0, 0.1) is 17.3 Å². The summed E-state index contributed by atoms with van der Waals surface area (Å²) in [6.07, 6.45) is 4.15. The molecule has 3 N–H and O–H groups in total. The van der Waals surface area contributed by atoms with Gasteiger partial charge in [-0.05, 0) is 136 Å². The second-order valence-electron chi connectivity index (χ2n) is 22.2. The maximum atomic E-state index is 13.7. The highest BCUT2D eigenvalue weighted by atomic mass is 32.2. The molecule has 6 aromatic rings. The number of nitrogen functional groups attached to an aromatic ring is 1. The van der Waals surface area contributed by atoms with Crippen molar-refractivity contribution in [2.24, 2.45) is 17.3 Å². The van der Waals surface area contributed by atoms with Crippen LogP contribution < -0.4 is 19.7 Å². The van der Waals surface area contributed by atoms with E-state index < -0.39 is 25.5 Å². The lowest BCUT2D eigenvalue weighted by molar-refractivity contribution is -0.123. The number of nitrogens with zero attached hydrogens (tertiary/aromatic N) is 6. The van der Waals surface area contributed by atoms with Crippen LogP contribution in [0.25, 0.3) is 22.1 Å². The number of rotatable bonds is 13. The SMILES string of the molecule is CCN(c1ccc2c(c1)nc(C(C)(C)C)n2CC1CCOCC1)S(=O)(=O)c1ccc(N)cc1.CCN(c1ccc2c(c1)nc(C(C)(C)C)n2CC1CCOCC1)S(=O)(=O)c1ccc(NC(=O)C(C)(C)C)cc1. The third-order valence-electron chi connectivity index (χ3n) is 13.4. The van der Waals surface area contributed by atoms with Crippen molar-refractivity contribution in [3.05, 3.63) is 96.6 Å². The van der Waals surface area contributed by atoms with E-state index in [0.29, 0.717) is 41.1 Å². The molecule has 0 saturated carbocycles. The van der Waals surface area contributed by atoms with Gasteiger partial charge in [0, 0.05) is 80.2 Å². The summed E-state index contributed by atoms with van der Waals surface area (Å²) >= 11 is 0. The molecule has 2 fully saturated rings. The van der Waals surface area contributed by atoms with Gasteiger partial charge in [-0.25, -0.2) is 26.8 Å². The topological polar surface area (TPSA) is 184 Å². The highest BCUT2D eigenvalue weighted by Crippen LogP contribution is 2.35. The fourth-order valence-corrected chi connectivity index (χ4v) is 12.3. The zero-order valence-electron chi connectivity index (χ0n) is 44.2. The minimum Gasteiger partial charge on any atom is -0.399 e. The van der Waals surface area contributed by atoms with Gasteiger partial charge in [-0.3, -0.25) is 13.4 Å². The Morgan fingerprint density at radius 2 is 0.986 bits per heavy atom. The van der Waals surface area contributed by atoms with Crippen molar-refractivity contribution in [3.8, 4) is 0 Å². The third-order valence-corrected chi connectivity index (χ3v) is 17.2. The summed E-state index contributed by atoms with van der Waals surface area (Å²) in [7, 11) is -7.54. The average Bonchev–Trinajstić information content (AvgIpc) is 3.88. The molecule has 17 heteroatoms. The number of anilines is 4. The summed E-state index contributed by atoms with van der Waals surface area (Å²) in [4.78, 5) is 22.7. The lowest BCUT2D eigenvalue weighted by atomic mass is 9.94. The van der Waals surface area contributed by atoms with E-state index in [1.807, 2.05) is 71.0 Å². The minimum atomic E-state index is -3.83. The van der Waals surface area contributed by atoms with E-state index in [2.05, 4.69) is 56.0 Å². The van der Waals surface area contributed by atoms with Gasteiger partial charge in [0.25, 0.3) is 20.0 Å². The van der Waals surface area contributed by atoms with Crippen molar-refractivity contribution in [1.29, 1.82) is 0 Å². The van der Waals surface area contributed by atoms with Gasteiger partial charge in [-0.2, -0.15) is 0 Å². The summed E-state index contributed by atoms with van der Waals surface area (Å²) in [5.41, 5.74) is 10.8. The molecule has 0 aliphatic carbocycles. The zero-order chi connectivity index (χ0) is 52.4. The monoisotopic (exact) mass is 1020 g/mol. The van der Waals surface area contributed by atoms with E-state index in [4.69, 9.17) is 25.2 Å². The Balaban J connectivity index is 0.000000214. The fourth-order valence-electron chi connectivity index (χ4n) is 9.34. The van der Waals surface area contributed by atoms with Crippen LogP contribution in [-0.2, 0) is 58.2 Å². The molecule has 0 radical (unpaired) electrons. The maximum Gasteiger partial charge on any atom is 0.264 e. The first kappa shape index (κ1) is 54.3. The zero-order valence-corrected chi connectivity index (χ0v) is 45.8. The number of carbonyl (C=O) groups excluding carboxylic acids is 1. The molecule has 15 nitrogen and oxygen atoms in total. The van der Waals surface area contributed by atoms with E-state index in [-0.39, 0.29) is 33.1 Å². The summed E-state index contributed by atoms with van der Waals surface area (Å²) in [6, 6.07) is 24.2. The predicted octanol–water partition coefficient (Wildman–Crippen LogP) is 10.5. The summed E-state index contributed by atoms with van der Waals surface area (Å²) < 4.78 is 72.6. The Hall–Kier alpha value is -5.49. The van der Waals surface area contributed by atoms with Crippen LogP contribution in [0.4, 0.5) is 22.7 Å². The normalized spacial score (nSPS) is 15.6. The van der Waals surface area contributed by atoms with E-state index in [1.54, 1.807) is 36.4 Å². The Kier molecular flexibility index (Phi) is 16.2. The number of benzene rings is 4. The Morgan fingerprint density at radius 1 is 0.611 bits per heavy atom. The summed E-state index contributed by atoms with van der Waals surface area (Å²) in [5, 5.41) is 2.84. The molecule has 0 atom stereocenters. The summed E-state index contributed by atoms with van der Waals surface area (Å²) in [6.45, 7) is 27.7. The number of aromatic nitrogens is 4. The molecule has 0 bridgehead atoms. The van der Waals surface area contributed by atoms with Crippen molar-refractivity contribution in [2.45, 2.75) is 136 Å². The number of nitrogens with one attached hydrogen (secondary N) is 1. The molecular formula is C55H76N8O7S2. The van der Waals surface area contributed by atoms with Gasteiger partial charge >= 0.3 is 0 Å². The Bertz CT molecular complexity index is 3060. The van der Waals surface area contributed by atoms with Crippen molar-refractivity contribution < 1.29 is 31.1 Å². The fraction of sp³-hybridized carbons (Fsp3) is 0.509. The van der Waals surface area contributed by atoms with E-state index in [0.717, 1.165) is 98.9 Å². The molecule has 2 aromatic heterocycles. The highest BCUT2D eigenvalue weighted by Gasteiger charge is 2.31. The lowest BCUT2D eigenvalue weighted by Gasteiger charge is -2.26. The molecule has 0 unspecified atom stereocenters. The van der Waals surface area contributed by atoms with Gasteiger partial charge < -0.3 is 29.7 Å². The first-order valence-corrected chi connectivity index (χ1v) is 28.2. The van der Waals surface area contributed by atoms with Gasteiger partial charge in [0.2, 0.25) is 5.91 Å². The number of ether oxygens (including phenoxy) is 2. The number of fused-ring (bicyclic) bond motifs is 2. The second-order valence-corrected chi connectivity index (χ2v) is 25.9. The molecule has 0 spiro atoms. The van der Waals surface area contributed by atoms with E-state index in [9.17, 15) is 21.6 Å². The molecule has 2 saturated heterocycles. The van der Waals surface area contributed by atoms with Crippen molar-refractivity contribution >= 4 is 70.8 Å². The predicted molar refractivity (Wildman–Crippen MR) is 290 cm³/mol. The number of sulfonamides is 2. The number of amides is 1. The van der Waals surface area contributed by atoms with E-state index >= 15 is 0 Å². The Labute approximate surface area is 427 Å². The smallest absolute Gasteiger partial charge is 0.264 e. The largest absolute Gasteiger partial charge is 0.399 e. The van der Waals surface area contributed by atoms with Crippen molar-refractivity contribution in [3.63, 3.8) is 0 Å². The lowest BCUT2D eigenvalue weighted by Crippen LogP contribution is -2.31. The first-order chi connectivity index (χ1) is 33.8. The number of hydrogen-bond acceptors (Lipinski definition) is 10. The van der Waals surface area contributed by atoms with Gasteiger partial charge in [0.1, 0.15) is 11.6 Å². The minimum absolute atomic E-state index is 0.132. The quantitative estimate of drug-likeness (QED) is 0.106. The molecule has 4 aromatic carbocycles. The van der Waals surface area contributed by atoms with Crippen LogP contribution in [0.3, 0.4) is 0 Å². The molecule has 4 heterocycles. The molecule has 1 amide bonds.